The number of fused-ring (bicyclic) bond motifs is 1. The highest BCUT2D eigenvalue weighted by Crippen LogP contribution is 2.33. The minimum Gasteiger partial charge on any atom is -0.507 e. The number of carbonyl (C=O) groups is 1. The molecule has 1 aliphatic heterocycles. The lowest BCUT2D eigenvalue weighted by atomic mass is 10.0. The molecule has 0 bridgehead atoms. The zero-order chi connectivity index (χ0) is 18.8. The number of hydrogen-bond donors (Lipinski definition) is 3. The highest BCUT2D eigenvalue weighted by atomic mass is 16.3. The summed E-state index contributed by atoms with van der Waals surface area (Å²) in [6, 6.07) is 13.2. The number of furan rings is 1. The van der Waals surface area contributed by atoms with Gasteiger partial charge in [0.05, 0.1) is 24.2 Å². The number of nitrogens with one attached hydrogen (secondary N) is 2. The van der Waals surface area contributed by atoms with E-state index in [-0.39, 0.29) is 11.7 Å². The Bertz CT molecular complexity index is 957. The van der Waals surface area contributed by atoms with Crippen LogP contribution in [0.3, 0.4) is 0 Å². The molecule has 3 N–H and O–H groups in total. The molecule has 0 saturated carbocycles. The number of phenols is 1. The average molecular weight is 365 g/mol. The van der Waals surface area contributed by atoms with E-state index in [2.05, 4.69) is 5.32 Å². The van der Waals surface area contributed by atoms with Gasteiger partial charge in [-0.2, -0.15) is 0 Å². The second-order valence-electron chi connectivity index (χ2n) is 7.27. The third-order valence-corrected chi connectivity index (χ3v) is 5.38. The van der Waals surface area contributed by atoms with E-state index in [1.54, 1.807) is 19.1 Å². The quantitative estimate of drug-likeness (QED) is 0.651. The SMILES string of the molecule is Cc1oc2ccc(O)c(C[NH+]3CCCC3)c2c1C(=O)NCc1ccccc1. The van der Waals surface area contributed by atoms with Crippen molar-refractivity contribution in [2.24, 2.45) is 0 Å². The molecule has 1 amide bonds. The maximum Gasteiger partial charge on any atom is 0.255 e. The van der Waals surface area contributed by atoms with Crippen LogP contribution in [0.15, 0.2) is 46.9 Å². The largest absolute Gasteiger partial charge is 0.507 e. The van der Waals surface area contributed by atoms with Crippen LogP contribution in [-0.2, 0) is 13.1 Å². The van der Waals surface area contributed by atoms with Crippen molar-refractivity contribution in [3.05, 3.63) is 64.9 Å². The van der Waals surface area contributed by atoms with Crippen molar-refractivity contribution in [1.29, 1.82) is 0 Å². The molecule has 1 saturated heterocycles. The molecule has 5 nitrogen and oxygen atoms in total. The lowest BCUT2D eigenvalue weighted by Crippen LogP contribution is -3.08. The van der Waals surface area contributed by atoms with E-state index in [9.17, 15) is 9.90 Å². The zero-order valence-electron chi connectivity index (χ0n) is 15.5. The maximum atomic E-state index is 13.0. The molecule has 27 heavy (non-hydrogen) atoms. The highest BCUT2D eigenvalue weighted by Gasteiger charge is 2.26. The number of benzene rings is 2. The summed E-state index contributed by atoms with van der Waals surface area (Å²) in [7, 11) is 0. The Hall–Kier alpha value is -2.79. The molecule has 2 aromatic carbocycles. The Labute approximate surface area is 158 Å². The van der Waals surface area contributed by atoms with Gasteiger partial charge in [0.1, 0.15) is 23.6 Å². The van der Waals surface area contributed by atoms with Gasteiger partial charge in [-0.05, 0) is 24.6 Å². The number of carbonyl (C=O) groups excluding carboxylic acids is 1. The molecule has 1 fully saturated rings. The molecule has 1 aromatic heterocycles. The highest BCUT2D eigenvalue weighted by molar-refractivity contribution is 6.08. The van der Waals surface area contributed by atoms with Gasteiger partial charge in [-0.25, -0.2) is 0 Å². The molecule has 0 aliphatic carbocycles. The Morgan fingerprint density at radius 2 is 1.89 bits per heavy atom. The number of phenolic OH excluding ortho intramolecular Hbond substituents is 1. The van der Waals surface area contributed by atoms with Crippen LogP contribution in [0, 0.1) is 6.92 Å². The lowest BCUT2D eigenvalue weighted by Gasteiger charge is -2.14. The first-order valence-corrected chi connectivity index (χ1v) is 9.53. The predicted octanol–water partition coefficient (Wildman–Crippen LogP) is 2.56. The first kappa shape index (κ1) is 17.6. The Kier molecular flexibility index (Phi) is 4.86. The van der Waals surface area contributed by atoms with Crippen LogP contribution in [0.5, 0.6) is 5.75 Å². The van der Waals surface area contributed by atoms with Crippen LogP contribution < -0.4 is 10.2 Å². The predicted molar refractivity (Wildman–Crippen MR) is 104 cm³/mol. The van der Waals surface area contributed by atoms with E-state index in [1.165, 1.54) is 17.7 Å². The number of likely N-dealkylation sites (tertiary alicyclic amines) is 1. The molecular weight excluding hydrogens is 340 g/mol. The second-order valence-corrected chi connectivity index (χ2v) is 7.27. The Balaban J connectivity index is 1.67. The molecule has 4 rings (SSSR count). The molecule has 5 heteroatoms. The number of aromatic hydroxyl groups is 1. The smallest absolute Gasteiger partial charge is 0.255 e. The first-order valence-electron chi connectivity index (χ1n) is 9.53. The minimum atomic E-state index is -0.168. The van der Waals surface area contributed by atoms with Crippen molar-refractivity contribution in [2.45, 2.75) is 32.9 Å². The molecule has 0 radical (unpaired) electrons. The van der Waals surface area contributed by atoms with Gasteiger partial charge in [0.15, 0.2) is 0 Å². The van der Waals surface area contributed by atoms with E-state index < -0.39 is 0 Å². The fraction of sp³-hybridized carbons (Fsp3) is 0.318. The van der Waals surface area contributed by atoms with Gasteiger partial charge in [0.25, 0.3) is 5.91 Å². The van der Waals surface area contributed by atoms with Crippen molar-refractivity contribution in [1.82, 2.24) is 5.32 Å². The van der Waals surface area contributed by atoms with Crippen LogP contribution in [-0.4, -0.2) is 24.1 Å². The van der Waals surface area contributed by atoms with Crippen LogP contribution in [0.4, 0.5) is 0 Å². The third-order valence-electron chi connectivity index (χ3n) is 5.38. The summed E-state index contributed by atoms with van der Waals surface area (Å²) >= 11 is 0. The second kappa shape index (κ2) is 7.45. The minimum absolute atomic E-state index is 0.168. The van der Waals surface area contributed by atoms with Crippen molar-refractivity contribution in [3.63, 3.8) is 0 Å². The van der Waals surface area contributed by atoms with Gasteiger partial charge >= 0.3 is 0 Å². The van der Waals surface area contributed by atoms with Crippen molar-refractivity contribution >= 4 is 16.9 Å². The molecule has 1 aliphatic rings. The van der Waals surface area contributed by atoms with Crippen LogP contribution >= 0.6 is 0 Å². The summed E-state index contributed by atoms with van der Waals surface area (Å²) < 4.78 is 5.85. The maximum absolute atomic E-state index is 13.0. The summed E-state index contributed by atoms with van der Waals surface area (Å²) in [5.41, 5.74) is 3.04. The van der Waals surface area contributed by atoms with E-state index in [0.29, 0.717) is 30.0 Å². The Morgan fingerprint density at radius 3 is 2.63 bits per heavy atom. The van der Waals surface area contributed by atoms with Crippen molar-refractivity contribution < 1.29 is 19.2 Å². The van der Waals surface area contributed by atoms with Crippen molar-refractivity contribution in [3.8, 4) is 5.75 Å². The average Bonchev–Trinajstić information content (AvgIpc) is 3.30. The molecular formula is C22H25N2O3+. The molecule has 0 atom stereocenters. The first-order chi connectivity index (χ1) is 13.1. The normalized spacial score (nSPS) is 14.7. The zero-order valence-corrected chi connectivity index (χ0v) is 15.5. The summed E-state index contributed by atoms with van der Waals surface area (Å²) in [5.74, 6) is 0.650. The Morgan fingerprint density at radius 1 is 1.15 bits per heavy atom. The summed E-state index contributed by atoms with van der Waals surface area (Å²) in [5, 5.41) is 14.2. The van der Waals surface area contributed by atoms with Crippen molar-refractivity contribution in [2.75, 3.05) is 13.1 Å². The topological polar surface area (TPSA) is 66.9 Å². The molecule has 0 spiro atoms. The third kappa shape index (κ3) is 3.55. The molecule has 140 valence electrons. The van der Waals surface area contributed by atoms with E-state index in [1.807, 2.05) is 30.3 Å². The molecule has 0 unspecified atom stereocenters. The summed E-state index contributed by atoms with van der Waals surface area (Å²) in [4.78, 5) is 14.4. The number of amides is 1. The monoisotopic (exact) mass is 365 g/mol. The lowest BCUT2D eigenvalue weighted by molar-refractivity contribution is -0.901. The number of rotatable bonds is 5. The van der Waals surface area contributed by atoms with E-state index in [4.69, 9.17) is 4.42 Å². The van der Waals surface area contributed by atoms with Crippen LogP contribution in [0.1, 0.15) is 40.1 Å². The molecule has 2 heterocycles. The van der Waals surface area contributed by atoms with Gasteiger partial charge in [-0.3, -0.25) is 4.79 Å². The number of hydrogen-bond acceptors (Lipinski definition) is 3. The van der Waals surface area contributed by atoms with Crippen LogP contribution in [0.2, 0.25) is 0 Å². The van der Waals surface area contributed by atoms with E-state index in [0.717, 1.165) is 29.6 Å². The fourth-order valence-electron chi connectivity index (χ4n) is 3.99. The van der Waals surface area contributed by atoms with Gasteiger partial charge in [-0.1, -0.05) is 30.3 Å². The fourth-order valence-corrected chi connectivity index (χ4v) is 3.99. The van der Waals surface area contributed by atoms with Gasteiger partial charge < -0.3 is 19.7 Å². The van der Waals surface area contributed by atoms with Gasteiger partial charge in [0.2, 0.25) is 0 Å². The van der Waals surface area contributed by atoms with Gasteiger partial charge in [-0.15, -0.1) is 0 Å². The molecule has 3 aromatic rings. The van der Waals surface area contributed by atoms with Gasteiger partial charge in [0, 0.05) is 24.8 Å². The van der Waals surface area contributed by atoms with E-state index >= 15 is 0 Å². The summed E-state index contributed by atoms with van der Waals surface area (Å²) in [6.45, 7) is 5.17. The standard InChI is InChI=1S/C22H24N2O3/c1-15-20(22(26)23-13-16-7-3-2-4-8-16)21-17(14-24-11-5-6-12-24)18(25)9-10-19(21)27-15/h2-4,7-10,25H,5-6,11-14H2,1H3,(H,23,26)/p+1. The number of aryl methyl sites for hydroxylation is 1. The summed E-state index contributed by atoms with van der Waals surface area (Å²) in [6.07, 6.45) is 2.42. The number of quaternary nitrogens is 1. The van der Waals surface area contributed by atoms with Crippen LogP contribution in [0.25, 0.3) is 11.0 Å².